The summed E-state index contributed by atoms with van der Waals surface area (Å²) in [5.41, 5.74) is 1.25. The van der Waals surface area contributed by atoms with Gasteiger partial charge < -0.3 is 4.84 Å². The first-order valence-electron chi connectivity index (χ1n) is 7.96. The van der Waals surface area contributed by atoms with Gasteiger partial charge in [0.1, 0.15) is 0 Å². The molecule has 1 heterocycles. The molecule has 1 saturated heterocycles. The molecule has 0 aromatic heterocycles. The monoisotopic (exact) mass is 272 g/mol. The predicted octanol–water partition coefficient (Wildman–Crippen LogP) is 3.85. The maximum atomic E-state index is 5.63. The van der Waals surface area contributed by atoms with E-state index in [0.29, 0.717) is 6.04 Å². The van der Waals surface area contributed by atoms with Gasteiger partial charge in [0.15, 0.2) is 5.75 Å². The number of hydrogen-bond donors (Lipinski definition) is 0. The Balaban J connectivity index is 1.68. The van der Waals surface area contributed by atoms with Crippen LogP contribution in [0.4, 0.5) is 0 Å². The normalized spacial score (nSPS) is 26.6. The lowest BCUT2D eigenvalue weighted by molar-refractivity contribution is 0.182. The summed E-state index contributed by atoms with van der Waals surface area (Å²) in [5, 5.41) is 4.49. The second-order valence-electron chi connectivity index (χ2n) is 5.85. The molecule has 0 radical (unpaired) electrons. The first-order valence-corrected chi connectivity index (χ1v) is 7.96. The zero-order chi connectivity index (χ0) is 13.6. The molecule has 3 nitrogen and oxygen atoms in total. The molecule has 1 aliphatic carbocycles. The van der Waals surface area contributed by atoms with Crippen molar-refractivity contribution in [2.24, 2.45) is 5.16 Å². The summed E-state index contributed by atoms with van der Waals surface area (Å²) in [6.07, 6.45) is 8.97. The first-order chi connectivity index (χ1) is 9.93. The molecule has 1 atom stereocenters. The summed E-state index contributed by atoms with van der Waals surface area (Å²) in [6, 6.07) is 10.4. The van der Waals surface area contributed by atoms with Crippen LogP contribution in [0.15, 0.2) is 35.5 Å². The fourth-order valence-corrected chi connectivity index (χ4v) is 3.30. The van der Waals surface area contributed by atoms with E-state index in [1.165, 1.54) is 57.3 Å². The summed E-state index contributed by atoms with van der Waals surface area (Å²) >= 11 is 0. The van der Waals surface area contributed by atoms with Gasteiger partial charge in [-0.05, 0) is 57.3 Å². The third-order valence-electron chi connectivity index (χ3n) is 4.39. The molecule has 3 rings (SSSR count). The quantitative estimate of drug-likeness (QED) is 0.781. The van der Waals surface area contributed by atoms with E-state index in [1.807, 2.05) is 30.3 Å². The second kappa shape index (κ2) is 6.89. The van der Waals surface area contributed by atoms with Crippen molar-refractivity contribution >= 4 is 5.71 Å². The maximum absolute atomic E-state index is 5.63. The van der Waals surface area contributed by atoms with Gasteiger partial charge in [0, 0.05) is 0 Å². The molecule has 1 aromatic rings. The topological polar surface area (TPSA) is 24.8 Å². The van der Waals surface area contributed by atoms with Gasteiger partial charge in [-0.3, -0.25) is 4.90 Å². The number of para-hydroxylation sites is 1. The number of oxime groups is 1. The number of hydrogen-bond acceptors (Lipinski definition) is 3. The van der Waals surface area contributed by atoms with Crippen molar-refractivity contribution in [2.75, 3.05) is 13.1 Å². The molecule has 0 amide bonds. The van der Waals surface area contributed by atoms with E-state index < -0.39 is 0 Å². The number of piperidine rings is 1. The van der Waals surface area contributed by atoms with Crippen LogP contribution < -0.4 is 4.84 Å². The Labute approximate surface area is 121 Å². The van der Waals surface area contributed by atoms with Crippen molar-refractivity contribution in [1.29, 1.82) is 0 Å². The summed E-state index contributed by atoms with van der Waals surface area (Å²) in [5.74, 6) is 0.836. The van der Waals surface area contributed by atoms with Gasteiger partial charge in [0.2, 0.25) is 0 Å². The Bertz CT molecular complexity index is 438. The van der Waals surface area contributed by atoms with Crippen molar-refractivity contribution in [3.05, 3.63) is 30.3 Å². The molecule has 108 valence electrons. The van der Waals surface area contributed by atoms with E-state index in [4.69, 9.17) is 4.84 Å². The molecule has 2 fully saturated rings. The van der Waals surface area contributed by atoms with Crippen LogP contribution in [0.1, 0.15) is 44.9 Å². The number of rotatable bonds is 3. The Kier molecular flexibility index (Phi) is 4.69. The summed E-state index contributed by atoms with van der Waals surface area (Å²) < 4.78 is 0. The van der Waals surface area contributed by atoms with Gasteiger partial charge in [-0.25, -0.2) is 0 Å². The largest absolute Gasteiger partial charge is 0.357 e. The molecule has 1 aliphatic heterocycles. The molecule has 1 saturated carbocycles. The smallest absolute Gasteiger partial charge is 0.157 e. The summed E-state index contributed by atoms with van der Waals surface area (Å²) in [7, 11) is 0. The highest BCUT2D eigenvalue weighted by Crippen LogP contribution is 2.24. The third-order valence-corrected chi connectivity index (χ3v) is 4.39. The SMILES string of the molecule is c1ccc(ON=C2CCCCC2N2CCCCC2)cc1. The van der Waals surface area contributed by atoms with Crippen molar-refractivity contribution in [2.45, 2.75) is 51.0 Å². The molecule has 2 aliphatic rings. The van der Waals surface area contributed by atoms with Crippen LogP contribution in [0, 0.1) is 0 Å². The average Bonchev–Trinajstić information content (AvgIpc) is 2.55. The van der Waals surface area contributed by atoms with Crippen molar-refractivity contribution < 1.29 is 4.84 Å². The molecule has 0 spiro atoms. The molecule has 0 bridgehead atoms. The predicted molar refractivity (Wildman–Crippen MR) is 82.2 cm³/mol. The van der Waals surface area contributed by atoms with E-state index in [2.05, 4.69) is 10.1 Å². The van der Waals surface area contributed by atoms with Crippen molar-refractivity contribution in [3.8, 4) is 5.75 Å². The van der Waals surface area contributed by atoms with Crippen LogP contribution in [0.5, 0.6) is 5.75 Å². The highest BCUT2D eigenvalue weighted by molar-refractivity contribution is 5.89. The third kappa shape index (κ3) is 3.40. The Morgan fingerprint density at radius 2 is 1.75 bits per heavy atom. The number of nitrogens with zero attached hydrogens (tertiary/aromatic N) is 2. The Hall–Kier alpha value is -1.35. The fourth-order valence-electron chi connectivity index (χ4n) is 3.30. The van der Waals surface area contributed by atoms with Crippen molar-refractivity contribution in [3.63, 3.8) is 0 Å². The summed E-state index contributed by atoms with van der Waals surface area (Å²) in [4.78, 5) is 8.25. The van der Waals surface area contributed by atoms with Crippen LogP contribution >= 0.6 is 0 Å². The average molecular weight is 272 g/mol. The van der Waals surface area contributed by atoms with Gasteiger partial charge in [0.05, 0.1) is 11.8 Å². The second-order valence-corrected chi connectivity index (χ2v) is 5.85. The lowest BCUT2D eigenvalue weighted by Crippen LogP contribution is -2.45. The van der Waals surface area contributed by atoms with E-state index >= 15 is 0 Å². The van der Waals surface area contributed by atoms with E-state index in [-0.39, 0.29) is 0 Å². The van der Waals surface area contributed by atoms with E-state index in [0.717, 1.165) is 12.2 Å². The molecule has 1 aromatic carbocycles. The van der Waals surface area contributed by atoms with E-state index in [9.17, 15) is 0 Å². The van der Waals surface area contributed by atoms with Crippen LogP contribution in [0.3, 0.4) is 0 Å². The standard InChI is InChI=1S/C17H24N2O/c1-3-9-15(10-4-1)20-18-16-11-5-6-12-17(16)19-13-7-2-8-14-19/h1,3-4,9-10,17H,2,5-8,11-14H2. The fraction of sp³-hybridized carbons (Fsp3) is 0.588. The van der Waals surface area contributed by atoms with E-state index in [1.54, 1.807) is 0 Å². The molecular weight excluding hydrogens is 248 g/mol. The van der Waals surface area contributed by atoms with Gasteiger partial charge >= 0.3 is 0 Å². The molecular formula is C17H24N2O. The summed E-state index contributed by atoms with van der Waals surface area (Å²) in [6.45, 7) is 2.46. The van der Waals surface area contributed by atoms with Gasteiger partial charge in [-0.15, -0.1) is 0 Å². The number of benzene rings is 1. The van der Waals surface area contributed by atoms with Crippen molar-refractivity contribution in [1.82, 2.24) is 4.90 Å². The minimum absolute atomic E-state index is 0.521. The minimum atomic E-state index is 0.521. The highest BCUT2D eigenvalue weighted by Gasteiger charge is 2.28. The van der Waals surface area contributed by atoms with Crippen LogP contribution in [0.25, 0.3) is 0 Å². The Morgan fingerprint density at radius 3 is 2.55 bits per heavy atom. The highest BCUT2D eigenvalue weighted by atomic mass is 16.6. The van der Waals surface area contributed by atoms with Crippen LogP contribution in [-0.4, -0.2) is 29.7 Å². The number of likely N-dealkylation sites (tertiary alicyclic amines) is 1. The lowest BCUT2D eigenvalue weighted by Gasteiger charge is -2.37. The zero-order valence-electron chi connectivity index (χ0n) is 12.1. The van der Waals surface area contributed by atoms with Gasteiger partial charge in [-0.1, -0.05) is 36.2 Å². The molecule has 1 unspecified atom stereocenters. The van der Waals surface area contributed by atoms with Gasteiger partial charge in [0.25, 0.3) is 0 Å². The van der Waals surface area contributed by atoms with Crippen LogP contribution in [-0.2, 0) is 0 Å². The molecule has 20 heavy (non-hydrogen) atoms. The lowest BCUT2D eigenvalue weighted by atomic mass is 9.91. The van der Waals surface area contributed by atoms with Crippen LogP contribution in [0.2, 0.25) is 0 Å². The minimum Gasteiger partial charge on any atom is -0.357 e. The maximum Gasteiger partial charge on any atom is 0.157 e. The first kappa shape index (κ1) is 13.6. The zero-order valence-corrected chi connectivity index (χ0v) is 12.1. The molecule has 3 heteroatoms. The molecule has 0 N–H and O–H groups in total. The van der Waals surface area contributed by atoms with Gasteiger partial charge in [-0.2, -0.15) is 0 Å². The Morgan fingerprint density at radius 1 is 0.950 bits per heavy atom.